The molecule has 1 aromatic heterocycles. The molecule has 0 spiro atoms. The van der Waals surface area contributed by atoms with Crippen LogP contribution in [0.15, 0.2) is 48.8 Å². The minimum absolute atomic E-state index is 0.462. The lowest BCUT2D eigenvalue weighted by Crippen LogP contribution is -1.96. The smallest absolute Gasteiger partial charge is 0.159 e. The number of rotatable bonds is 6. The topological polar surface area (TPSA) is 58.8 Å². The van der Waals surface area contributed by atoms with Crippen LogP contribution in [0.2, 0.25) is 0 Å². The standard InChI is InChI=1S/C20H19N3O/c1-2-3-4-9-24-19-8-7-16-10-18(6-5-17(16)11-19)20-22-13-15(12-21)14-23-20/h5-8,10-11,13-14H,2-4,9H2,1H3. The monoisotopic (exact) mass is 317 g/mol. The van der Waals surface area contributed by atoms with Gasteiger partial charge >= 0.3 is 0 Å². The van der Waals surface area contributed by atoms with E-state index in [4.69, 9.17) is 10.00 Å². The molecular formula is C20H19N3O. The van der Waals surface area contributed by atoms with Crippen molar-refractivity contribution in [1.82, 2.24) is 9.97 Å². The second kappa shape index (κ2) is 7.56. The maximum atomic E-state index is 8.82. The van der Waals surface area contributed by atoms with Crippen molar-refractivity contribution in [3.63, 3.8) is 0 Å². The van der Waals surface area contributed by atoms with Crippen LogP contribution in [0.5, 0.6) is 5.75 Å². The summed E-state index contributed by atoms with van der Waals surface area (Å²) in [6, 6.07) is 14.2. The largest absolute Gasteiger partial charge is 0.494 e. The van der Waals surface area contributed by atoms with Gasteiger partial charge in [-0.3, -0.25) is 0 Å². The Morgan fingerprint density at radius 1 is 1.00 bits per heavy atom. The lowest BCUT2D eigenvalue weighted by molar-refractivity contribution is 0.306. The zero-order valence-corrected chi connectivity index (χ0v) is 13.7. The van der Waals surface area contributed by atoms with Crippen molar-refractivity contribution >= 4 is 10.8 Å². The number of hydrogen-bond acceptors (Lipinski definition) is 4. The van der Waals surface area contributed by atoms with Gasteiger partial charge in [0.05, 0.1) is 12.2 Å². The second-order valence-electron chi connectivity index (χ2n) is 5.69. The Kier molecular flexibility index (Phi) is 5.02. The first-order valence-corrected chi connectivity index (χ1v) is 8.19. The molecule has 0 amide bonds. The lowest BCUT2D eigenvalue weighted by Gasteiger charge is -2.08. The van der Waals surface area contributed by atoms with E-state index in [9.17, 15) is 0 Å². The van der Waals surface area contributed by atoms with Crippen LogP contribution in [-0.2, 0) is 0 Å². The summed E-state index contributed by atoms with van der Waals surface area (Å²) in [4.78, 5) is 8.49. The lowest BCUT2D eigenvalue weighted by atomic mass is 10.1. The van der Waals surface area contributed by atoms with E-state index < -0.39 is 0 Å². The van der Waals surface area contributed by atoms with Crippen molar-refractivity contribution in [2.24, 2.45) is 0 Å². The molecule has 24 heavy (non-hydrogen) atoms. The highest BCUT2D eigenvalue weighted by molar-refractivity contribution is 5.87. The van der Waals surface area contributed by atoms with Crippen LogP contribution in [0.4, 0.5) is 0 Å². The third kappa shape index (κ3) is 3.69. The molecular weight excluding hydrogens is 298 g/mol. The van der Waals surface area contributed by atoms with Crippen molar-refractivity contribution in [3.8, 4) is 23.2 Å². The third-order valence-corrected chi connectivity index (χ3v) is 3.87. The minimum atomic E-state index is 0.462. The van der Waals surface area contributed by atoms with Gasteiger partial charge < -0.3 is 4.74 Å². The molecule has 0 atom stereocenters. The summed E-state index contributed by atoms with van der Waals surface area (Å²) in [6.45, 7) is 2.95. The Labute approximate surface area is 141 Å². The van der Waals surface area contributed by atoms with E-state index in [2.05, 4.69) is 35.1 Å². The van der Waals surface area contributed by atoms with Crippen LogP contribution in [0.25, 0.3) is 22.2 Å². The molecule has 0 saturated heterocycles. The van der Waals surface area contributed by atoms with Gasteiger partial charge in [0.25, 0.3) is 0 Å². The molecule has 0 unspecified atom stereocenters. The highest BCUT2D eigenvalue weighted by atomic mass is 16.5. The average molecular weight is 317 g/mol. The molecule has 0 bridgehead atoms. The van der Waals surface area contributed by atoms with Gasteiger partial charge in [-0.05, 0) is 35.4 Å². The maximum absolute atomic E-state index is 8.82. The molecule has 0 aliphatic rings. The first-order chi connectivity index (χ1) is 11.8. The van der Waals surface area contributed by atoms with Gasteiger partial charge in [-0.2, -0.15) is 5.26 Å². The van der Waals surface area contributed by atoms with Crippen LogP contribution in [-0.4, -0.2) is 16.6 Å². The number of fused-ring (bicyclic) bond motifs is 1. The molecule has 0 N–H and O–H groups in total. The van der Waals surface area contributed by atoms with Crippen LogP contribution >= 0.6 is 0 Å². The highest BCUT2D eigenvalue weighted by Gasteiger charge is 2.04. The Morgan fingerprint density at radius 3 is 2.50 bits per heavy atom. The van der Waals surface area contributed by atoms with Crippen LogP contribution in [0.1, 0.15) is 31.7 Å². The van der Waals surface area contributed by atoms with E-state index in [-0.39, 0.29) is 0 Å². The second-order valence-corrected chi connectivity index (χ2v) is 5.69. The van der Waals surface area contributed by atoms with Crippen molar-refractivity contribution < 1.29 is 4.74 Å². The molecule has 4 heteroatoms. The van der Waals surface area contributed by atoms with Crippen LogP contribution in [0.3, 0.4) is 0 Å². The number of aromatic nitrogens is 2. The average Bonchev–Trinajstić information content (AvgIpc) is 2.65. The Balaban J connectivity index is 1.80. The van der Waals surface area contributed by atoms with Crippen LogP contribution < -0.4 is 4.74 Å². The normalized spacial score (nSPS) is 10.5. The number of nitrogens with zero attached hydrogens (tertiary/aromatic N) is 3. The summed E-state index contributed by atoms with van der Waals surface area (Å²) in [6.07, 6.45) is 6.56. The maximum Gasteiger partial charge on any atom is 0.159 e. The van der Waals surface area contributed by atoms with Gasteiger partial charge in [0.1, 0.15) is 11.8 Å². The number of hydrogen-bond donors (Lipinski definition) is 0. The van der Waals surface area contributed by atoms with Crippen molar-refractivity contribution in [2.45, 2.75) is 26.2 Å². The Morgan fingerprint density at radius 2 is 1.75 bits per heavy atom. The molecule has 3 rings (SSSR count). The zero-order chi connectivity index (χ0) is 16.8. The summed E-state index contributed by atoms with van der Waals surface area (Å²) in [7, 11) is 0. The summed E-state index contributed by atoms with van der Waals surface area (Å²) in [5.74, 6) is 1.52. The Hall–Kier alpha value is -2.93. The molecule has 0 saturated carbocycles. The fourth-order valence-corrected chi connectivity index (χ4v) is 2.53. The highest BCUT2D eigenvalue weighted by Crippen LogP contribution is 2.25. The Bertz CT molecular complexity index is 866. The van der Waals surface area contributed by atoms with Crippen molar-refractivity contribution in [1.29, 1.82) is 5.26 Å². The van der Waals surface area contributed by atoms with E-state index in [1.54, 1.807) is 12.4 Å². The molecule has 0 aliphatic carbocycles. The first-order valence-electron chi connectivity index (χ1n) is 8.19. The van der Waals surface area contributed by atoms with Crippen molar-refractivity contribution in [3.05, 3.63) is 54.4 Å². The minimum Gasteiger partial charge on any atom is -0.494 e. The molecule has 0 radical (unpaired) electrons. The van der Waals surface area contributed by atoms with E-state index >= 15 is 0 Å². The van der Waals surface area contributed by atoms with E-state index in [0.29, 0.717) is 11.4 Å². The first kappa shape index (κ1) is 15.9. The summed E-state index contributed by atoms with van der Waals surface area (Å²) in [5, 5.41) is 11.1. The van der Waals surface area contributed by atoms with Gasteiger partial charge in [0, 0.05) is 18.0 Å². The van der Waals surface area contributed by atoms with E-state index in [1.807, 2.05) is 24.3 Å². The fourth-order valence-electron chi connectivity index (χ4n) is 2.53. The number of unbranched alkanes of at least 4 members (excludes halogenated alkanes) is 2. The van der Waals surface area contributed by atoms with Gasteiger partial charge in [-0.15, -0.1) is 0 Å². The fraction of sp³-hybridized carbons (Fsp3) is 0.250. The summed E-state index contributed by atoms with van der Waals surface area (Å²) < 4.78 is 5.80. The molecule has 1 heterocycles. The van der Waals surface area contributed by atoms with Gasteiger partial charge in [-0.25, -0.2) is 9.97 Å². The molecule has 0 fully saturated rings. The SMILES string of the molecule is CCCCCOc1ccc2cc(-c3ncc(C#N)cn3)ccc2c1. The molecule has 4 nitrogen and oxygen atoms in total. The molecule has 0 aliphatic heterocycles. The van der Waals surface area contributed by atoms with Gasteiger partial charge in [0.15, 0.2) is 5.82 Å². The van der Waals surface area contributed by atoms with E-state index in [0.717, 1.165) is 35.1 Å². The summed E-state index contributed by atoms with van der Waals surface area (Å²) in [5.41, 5.74) is 1.40. The molecule has 3 aromatic rings. The van der Waals surface area contributed by atoms with Gasteiger partial charge in [-0.1, -0.05) is 38.0 Å². The number of ether oxygens (including phenoxy) is 1. The van der Waals surface area contributed by atoms with Gasteiger partial charge in [0.2, 0.25) is 0 Å². The number of benzene rings is 2. The molecule has 2 aromatic carbocycles. The molecule has 120 valence electrons. The summed E-state index contributed by atoms with van der Waals surface area (Å²) >= 11 is 0. The van der Waals surface area contributed by atoms with E-state index in [1.165, 1.54) is 12.8 Å². The van der Waals surface area contributed by atoms with Crippen LogP contribution in [0, 0.1) is 11.3 Å². The third-order valence-electron chi connectivity index (χ3n) is 3.87. The number of nitriles is 1. The quantitative estimate of drug-likeness (QED) is 0.616. The zero-order valence-electron chi connectivity index (χ0n) is 13.7. The predicted molar refractivity (Wildman–Crippen MR) is 94.7 cm³/mol. The van der Waals surface area contributed by atoms with Crippen molar-refractivity contribution in [2.75, 3.05) is 6.61 Å². The predicted octanol–water partition coefficient (Wildman–Crippen LogP) is 4.74.